The van der Waals surface area contributed by atoms with E-state index >= 15 is 0 Å². The number of aromatic nitrogens is 1. The molecule has 0 spiro atoms. The molecule has 2 heterocycles. The molecular formula is C13H19N3O3. The molecule has 6 nitrogen and oxygen atoms in total. The Morgan fingerprint density at radius 1 is 1.47 bits per heavy atom. The maximum Gasteiger partial charge on any atom is 0.223 e. The van der Waals surface area contributed by atoms with Crippen LogP contribution in [0.5, 0.6) is 0 Å². The second-order valence-electron chi connectivity index (χ2n) is 4.86. The van der Waals surface area contributed by atoms with Gasteiger partial charge >= 0.3 is 0 Å². The number of piperidine rings is 1. The molecule has 0 aromatic carbocycles. The topological polar surface area (TPSA) is 75.4 Å². The van der Waals surface area contributed by atoms with E-state index in [2.05, 4.69) is 10.3 Å². The first-order valence-electron chi connectivity index (χ1n) is 6.50. The molecular weight excluding hydrogens is 246 g/mol. The maximum absolute atomic E-state index is 12.0. The summed E-state index contributed by atoms with van der Waals surface area (Å²) in [6.07, 6.45) is 2.82. The van der Waals surface area contributed by atoms with Gasteiger partial charge in [-0.1, -0.05) is 0 Å². The minimum Gasteiger partial charge on any atom is -0.446 e. The third kappa shape index (κ3) is 3.33. The number of aryl methyl sites for hydroxylation is 1. The molecule has 1 aromatic rings. The molecule has 0 aliphatic carbocycles. The first kappa shape index (κ1) is 13.6. The number of hydrogen-bond donors (Lipinski definition) is 1. The quantitative estimate of drug-likeness (QED) is 0.879. The van der Waals surface area contributed by atoms with Gasteiger partial charge < -0.3 is 14.6 Å². The van der Waals surface area contributed by atoms with Crippen molar-refractivity contribution in [1.29, 1.82) is 0 Å². The van der Waals surface area contributed by atoms with Crippen molar-refractivity contribution in [2.24, 2.45) is 5.92 Å². The number of rotatable bonds is 3. The fourth-order valence-electron chi connectivity index (χ4n) is 2.26. The molecule has 1 aromatic heterocycles. The minimum absolute atomic E-state index is 0.0150. The normalized spacial score (nSPS) is 16.4. The lowest BCUT2D eigenvalue weighted by Crippen LogP contribution is -2.42. The Bertz CT molecular complexity index is 461. The van der Waals surface area contributed by atoms with Crippen molar-refractivity contribution in [3.63, 3.8) is 0 Å². The Kier molecular flexibility index (Phi) is 4.19. The van der Waals surface area contributed by atoms with Gasteiger partial charge in [-0.2, -0.15) is 0 Å². The molecule has 1 aliphatic heterocycles. The highest BCUT2D eigenvalue weighted by atomic mass is 16.3. The highest BCUT2D eigenvalue weighted by Crippen LogP contribution is 2.17. The minimum atomic E-state index is -0.0150. The standard InChI is InChI=1S/C13H19N3O3/c1-9-12(19-8-15-9)7-14-13(18)11-3-5-16(6-4-11)10(2)17/h8,11H,3-7H2,1-2H3,(H,14,18). The number of amides is 2. The van der Waals surface area contributed by atoms with E-state index in [0.29, 0.717) is 25.4 Å². The van der Waals surface area contributed by atoms with Crippen LogP contribution in [0.3, 0.4) is 0 Å². The first-order valence-corrected chi connectivity index (χ1v) is 6.50. The van der Waals surface area contributed by atoms with Gasteiger partial charge in [0.1, 0.15) is 5.76 Å². The van der Waals surface area contributed by atoms with Crippen LogP contribution >= 0.6 is 0 Å². The number of nitrogens with one attached hydrogen (secondary N) is 1. The number of oxazole rings is 1. The van der Waals surface area contributed by atoms with Gasteiger partial charge in [-0.25, -0.2) is 4.98 Å². The Labute approximate surface area is 112 Å². The molecule has 0 atom stereocenters. The zero-order valence-corrected chi connectivity index (χ0v) is 11.3. The van der Waals surface area contributed by atoms with Crippen LogP contribution in [-0.4, -0.2) is 34.8 Å². The molecule has 0 bridgehead atoms. The van der Waals surface area contributed by atoms with E-state index in [4.69, 9.17) is 4.42 Å². The van der Waals surface area contributed by atoms with Crippen LogP contribution in [0.4, 0.5) is 0 Å². The second kappa shape index (κ2) is 5.86. The number of hydrogen-bond acceptors (Lipinski definition) is 4. The van der Waals surface area contributed by atoms with Crippen LogP contribution in [0.25, 0.3) is 0 Å². The summed E-state index contributed by atoms with van der Waals surface area (Å²) in [5, 5.41) is 2.86. The molecule has 1 fully saturated rings. The Hall–Kier alpha value is -1.85. The molecule has 19 heavy (non-hydrogen) atoms. The number of carbonyl (C=O) groups is 2. The zero-order chi connectivity index (χ0) is 13.8. The molecule has 0 unspecified atom stereocenters. The van der Waals surface area contributed by atoms with Gasteiger partial charge in [0.25, 0.3) is 0 Å². The lowest BCUT2D eigenvalue weighted by molar-refractivity contribution is -0.134. The van der Waals surface area contributed by atoms with Crippen LogP contribution in [0.1, 0.15) is 31.2 Å². The molecule has 0 saturated carbocycles. The molecule has 1 aliphatic rings. The largest absolute Gasteiger partial charge is 0.446 e. The summed E-state index contributed by atoms with van der Waals surface area (Å²) in [4.78, 5) is 29.0. The number of likely N-dealkylation sites (tertiary alicyclic amines) is 1. The molecule has 104 valence electrons. The van der Waals surface area contributed by atoms with Crippen molar-refractivity contribution in [2.45, 2.75) is 33.2 Å². The second-order valence-corrected chi connectivity index (χ2v) is 4.86. The van der Waals surface area contributed by atoms with Gasteiger partial charge in [-0.15, -0.1) is 0 Å². The molecule has 2 amide bonds. The van der Waals surface area contributed by atoms with E-state index in [1.165, 1.54) is 6.39 Å². The van der Waals surface area contributed by atoms with Crippen LogP contribution in [0.2, 0.25) is 0 Å². The summed E-state index contributed by atoms with van der Waals surface area (Å²) >= 11 is 0. The summed E-state index contributed by atoms with van der Waals surface area (Å²) in [5.41, 5.74) is 0.798. The molecule has 1 saturated heterocycles. The van der Waals surface area contributed by atoms with E-state index in [-0.39, 0.29) is 17.7 Å². The van der Waals surface area contributed by atoms with Gasteiger partial charge in [0.2, 0.25) is 11.8 Å². The van der Waals surface area contributed by atoms with Gasteiger partial charge in [0.15, 0.2) is 6.39 Å². The van der Waals surface area contributed by atoms with E-state index in [1.54, 1.807) is 11.8 Å². The average Bonchev–Trinajstić information content (AvgIpc) is 2.81. The molecule has 2 rings (SSSR count). The number of carbonyl (C=O) groups excluding carboxylic acids is 2. The van der Waals surface area contributed by atoms with E-state index in [9.17, 15) is 9.59 Å². The van der Waals surface area contributed by atoms with Gasteiger partial charge in [0, 0.05) is 25.9 Å². The third-order valence-corrected chi connectivity index (χ3v) is 3.58. The highest BCUT2D eigenvalue weighted by Gasteiger charge is 2.25. The van der Waals surface area contributed by atoms with E-state index in [0.717, 1.165) is 18.5 Å². The molecule has 1 N–H and O–H groups in total. The van der Waals surface area contributed by atoms with E-state index < -0.39 is 0 Å². The lowest BCUT2D eigenvalue weighted by Gasteiger charge is -2.30. The zero-order valence-electron chi connectivity index (χ0n) is 11.3. The summed E-state index contributed by atoms with van der Waals surface area (Å²) in [6.45, 7) is 5.10. The van der Waals surface area contributed by atoms with Crippen LogP contribution in [0, 0.1) is 12.8 Å². The SMILES string of the molecule is CC(=O)N1CCC(C(=O)NCc2ocnc2C)CC1. The summed E-state index contributed by atoms with van der Waals surface area (Å²) in [7, 11) is 0. The van der Waals surface area contributed by atoms with E-state index in [1.807, 2.05) is 6.92 Å². The first-order chi connectivity index (χ1) is 9.08. The smallest absolute Gasteiger partial charge is 0.223 e. The van der Waals surface area contributed by atoms with Crippen LogP contribution in [-0.2, 0) is 16.1 Å². The van der Waals surface area contributed by atoms with Crippen molar-refractivity contribution < 1.29 is 14.0 Å². The monoisotopic (exact) mass is 265 g/mol. The third-order valence-electron chi connectivity index (χ3n) is 3.58. The summed E-state index contributed by atoms with van der Waals surface area (Å²) < 4.78 is 5.17. The molecule has 0 radical (unpaired) electrons. The summed E-state index contributed by atoms with van der Waals surface area (Å²) in [5.74, 6) is 0.781. The van der Waals surface area contributed by atoms with Crippen molar-refractivity contribution >= 4 is 11.8 Å². The van der Waals surface area contributed by atoms with Crippen molar-refractivity contribution in [3.8, 4) is 0 Å². The Morgan fingerprint density at radius 3 is 2.68 bits per heavy atom. The van der Waals surface area contributed by atoms with Crippen molar-refractivity contribution in [3.05, 3.63) is 17.8 Å². The van der Waals surface area contributed by atoms with Gasteiger partial charge in [0.05, 0.1) is 12.2 Å². The highest BCUT2D eigenvalue weighted by molar-refractivity contribution is 5.79. The van der Waals surface area contributed by atoms with Crippen molar-refractivity contribution in [1.82, 2.24) is 15.2 Å². The van der Waals surface area contributed by atoms with Gasteiger partial charge in [-0.05, 0) is 19.8 Å². The fraction of sp³-hybridized carbons (Fsp3) is 0.615. The maximum atomic E-state index is 12.0. The summed E-state index contributed by atoms with van der Waals surface area (Å²) in [6, 6.07) is 0. The van der Waals surface area contributed by atoms with Crippen LogP contribution in [0.15, 0.2) is 10.8 Å². The van der Waals surface area contributed by atoms with Crippen molar-refractivity contribution in [2.75, 3.05) is 13.1 Å². The number of nitrogens with zero attached hydrogens (tertiary/aromatic N) is 2. The van der Waals surface area contributed by atoms with Crippen LogP contribution < -0.4 is 5.32 Å². The predicted molar refractivity (Wildman–Crippen MR) is 68.1 cm³/mol. The molecule has 6 heteroatoms. The fourth-order valence-corrected chi connectivity index (χ4v) is 2.26. The Balaban J connectivity index is 1.79. The Morgan fingerprint density at radius 2 is 2.16 bits per heavy atom. The predicted octanol–water partition coefficient (Wildman–Crippen LogP) is 0.858. The lowest BCUT2D eigenvalue weighted by atomic mass is 9.96. The average molecular weight is 265 g/mol. The van der Waals surface area contributed by atoms with Gasteiger partial charge in [-0.3, -0.25) is 9.59 Å².